The number of fused-ring (bicyclic) bond motifs is 1. The Kier molecular flexibility index (Phi) is 7.00. The van der Waals surface area contributed by atoms with Gasteiger partial charge in [-0.25, -0.2) is 9.97 Å². The van der Waals surface area contributed by atoms with Crippen molar-refractivity contribution in [1.29, 1.82) is 5.26 Å². The Morgan fingerprint density at radius 1 is 0.952 bits per heavy atom. The largest absolute Gasteiger partial charge is 0.369 e. The smallest absolute Gasteiger partial charge is 0.258 e. The molecule has 1 aliphatic carbocycles. The second-order valence-corrected chi connectivity index (χ2v) is 11.9. The summed E-state index contributed by atoms with van der Waals surface area (Å²) >= 11 is 0. The average molecular weight is 561 g/mol. The standard InChI is InChI=1S/C33H36N8O/c1-38-15-17-39(18-16-38)27-9-7-26(8-10-27)36-32-30(20-34)35-21-31(37-32)40-13-2-3-28(22-40)41-14-12-25-19-24(23-4-5-23)6-11-29(25)33(41)42/h6-12,14,19,21,23,28H,2-5,13,15-18,22H2,1H3,(H,36,37)/t28-/m1/s1. The quantitative estimate of drug-likeness (QED) is 0.357. The molecule has 3 aliphatic rings. The first kappa shape index (κ1) is 26.5. The van der Waals surface area contributed by atoms with Gasteiger partial charge in [-0.15, -0.1) is 0 Å². The highest BCUT2D eigenvalue weighted by Gasteiger charge is 2.26. The van der Waals surface area contributed by atoms with Gasteiger partial charge in [-0.2, -0.15) is 5.26 Å². The number of hydrogen-bond donors (Lipinski definition) is 1. The Morgan fingerprint density at radius 3 is 2.52 bits per heavy atom. The number of likely N-dealkylation sites (N-methyl/N-ethyl adjacent to an activating group) is 1. The van der Waals surface area contributed by atoms with E-state index in [9.17, 15) is 10.1 Å². The van der Waals surface area contributed by atoms with Gasteiger partial charge in [0.15, 0.2) is 11.5 Å². The molecule has 0 bridgehead atoms. The molecule has 0 unspecified atom stereocenters. The van der Waals surface area contributed by atoms with Crippen LogP contribution in [0, 0.1) is 11.3 Å². The first-order valence-electron chi connectivity index (χ1n) is 15.0. The van der Waals surface area contributed by atoms with Crippen molar-refractivity contribution < 1.29 is 0 Å². The van der Waals surface area contributed by atoms with Gasteiger partial charge in [0.2, 0.25) is 0 Å². The van der Waals surface area contributed by atoms with Crippen LogP contribution in [0.1, 0.15) is 48.9 Å². The molecule has 1 N–H and O–H groups in total. The number of anilines is 4. The fourth-order valence-electron chi connectivity index (χ4n) is 6.29. The molecule has 3 fully saturated rings. The number of rotatable bonds is 6. The van der Waals surface area contributed by atoms with Crippen LogP contribution in [-0.2, 0) is 0 Å². The topological polar surface area (TPSA) is 93.3 Å². The molecule has 42 heavy (non-hydrogen) atoms. The minimum Gasteiger partial charge on any atom is -0.369 e. The lowest BCUT2D eigenvalue weighted by Crippen LogP contribution is -2.44. The van der Waals surface area contributed by atoms with E-state index in [0.29, 0.717) is 24.1 Å². The Morgan fingerprint density at radius 2 is 1.76 bits per heavy atom. The summed E-state index contributed by atoms with van der Waals surface area (Å²) in [5, 5.41) is 14.9. The summed E-state index contributed by atoms with van der Waals surface area (Å²) < 4.78 is 1.89. The summed E-state index contributed by atoms with van der Waals surface area (Å²) in [7, 11) is 2.16. The second kappa shape index (κ2) is 11.1. The SMILES string of the molecule is CN1CCN(c2ccc(Nc3nc(N4CCC[C@@H](n5ccc6cc(C7CC7)ccc6c5=O)C4)cnc3C#N)cc2)CC1. The number of nitrogens with zero attached hydrogens (tertiary/aromatic N) is 7. The maximum atomic E-state index is 13.5. The van der Waals surface area contributed by atoms with E-state index in [0.717, 1.165) is 62.0 Å². The van der Waals surface area contributed by atoms with Gasteiger partial charge in [-0.05, 0) is 86.0 Å². The molecule has 9 heteroatoms. The van der Waals surface area contributed by atoms with Crippen LogP contribution in [0.25, 0.3) is 10.8 Å². The van der Waals surface area contributed by atoms with E-state index in [1.807, 2.05) is 29.0 Å². The van der Waals surface area contributed by atoms with Crippen molar-refractivity contribution in [2.45, 2.75) is 37.6 Å². The lowest BCUT2D eigenvalue weighted by molar-refractivity contribution is 0.313. The number of hydrogen-bond acceptors (Lipinski definition) is 8. The molecule has 2 aromatic carbocycles. The molecular formula is C33H36N8O. The van der Waals surface area contributed by atoms with Crippen molar-refractivity contribution in [1.82, 2.24) is 19.4 Å². The number of nitrogens with one attached hydrogen (secondary N) is 1. The fraction of sp³-hybridized carbons (Fsp3) is 0.394. The van der Waals surface area contributed by atoms with Crippen molar-refractivity contribution in [2.75, 3.05) is 61.4 Å². The first-order chi connectivity index (χ1) is 20.6. The molecule has 0 amide bonds. The summed E-state index contributed by atoms with van der Waals surface area (Å²) in [4.78, 5) is 29.7. The Hall–Kier alpha value is -4.42. The highest BCUT2D eigenvalue weighted by atomic mass is 16.1. The Balaban J connectivity index is 1.09. The molecule has 214 valence electrons. The average Bonchev–Trinajstić information content (AvgIpc) is 3.88. The Labute approximate surface area is 246 Å². The number of pyridine rings is 1. The number of nitriles is 1. The van der Waals surface area contributed by atoms with Crippen LogP contribution in [0.5, 0.6) is 0 Å². The minimum atomic E-state index is 0.0368. The highest BCUT2D eigenvalue weighted by molar-refractivity contribution is 5.82. The monoisotopic (exact) mass is 560 g/mol. The van der Waals surface area contributed by atoms with Crippen LogP contribution in [0.4, 0.5) is 23.0 Å². The molecule has 9 nitrogen and oxygen atoms in total. The van der Waals surface area contributed by atoms with Crippen molar-refractivity contribution in [2.24, 2.45) is 0 Å². The third-order valence-electron chi connectivity index (χ3n) is 8.98. The van der Waals surface area contributed by atoms with E-state index in [2.05, 4.69) is 68.4 Å². The summed E-state index contributed by atoms with van der Waals surface area (Å²) in [5.74, 6) is 1.81. The van der Waals surface area contributed by atoms with Crippen LogP contribution in [0.15, 0.2) is 65.7 Å². The maximum Gasteiger partial charge on any atom is 0.258 e. The van der Waals surface area contributed by atoms with Gasteiger partial charge in [0, 0.05) is 62.2 Å². The van der Waals surface area contributed by atoms with Crippen LogP contribution < -0.4 is 20.7 Å². The van der Waals surface area contributed by atoms with Gasteiger partial charge in [0.05, 0.1) is 12.2 Å². The van der Waals surface area contributed by atoms with Crippen LogP contribution in [-0.4, -0.2) is 65.8 Å². The minimum absolute atomic E-state index is 0.0368. The van der Waals surface area contributed by atoms with Gasteiger partial charge in [-0.1, -0.05) is 12.1 Å². The molecule has 4 heterocycles. The summed E-state index contributed by atoms with van der Waals surface area (Å²) in [5.41, 5.74) is 3.72. The molecule has 7 rings (SSSR count). The van der Waals surface area contributed by atoms with E-state index in [4.69, 9.17) is 4.98 Å². The van der Waals surface area contributed by atoms with E-state index in [-0.39, 0.29) is 17.3 Å². The van der Waals surface area contributed by atoms with Crippen molar-refractivity contribution in [3.63, 3.8) is 0 Å². The third-order valence-corrected chi connectivity index (χ3v) is 8.98. The lowest BCUT2D eigenvalue weighted by Gasteiger charge is -2.34. The van der Waals surface area contributed by atoms with E-state index >= 15 is 0 Å². The van der Waals surface area contributed by atoms with E-state index < -0.39 is 0 Å². The van der Waals surface area contributed by atoms with Crippen LogP contribution in [0.2, 0.25) is 0 Å². The van der Waals surface area contributed by atoms with Gasteiger partial charge in [0.25, 0.3) is 5.56 Å². The summed E-state index contributed by atoms with van der Waals surface area (Å²) in [6, 6.07) is 18.9. The molecule has 4 aromatic rings. The molecule has 0 spiro atoms. The third kappa shape index (κ3) is 5.30. The molecule has 0 radical (unpaired) electrons. The second-order valence-electron chi connectivity index (χ2n) is 11.9. The van der Waals surface area contributed by atoms with Crippen molar-refractivity contribution >= 4 is 33.8 Å². The number of piperazine rings is 1. The molecule has 2 aliphatic heterocycles. The van der Waals surface area contributed by atoms with E-state index in [1.54, 1.807) is 6.20 Å². The molecule has 1 atom stereocenters. The molecule has 2 aromatic heterocycles. The molecule has 2 saturated heterocycles. The molecule has 1 saturated carbocycles. The van der Waals surface area contributed by atoms with Gasteiger partial charge in [0.1, 0.15) is 11.9 Å². The molecular weight excluding hydrogens is 524 g/mol. The van der Waals surface area contributed by atoms with Crippen molar-refractivity contribution in [3.05, 3.63) is 82.5 Å². The zero-order valence-corrected chi connectivity index (χ0v) is 24.0. The predicted molar refractivity (Wildman–Crippen MR) is 167 cm³/mol. The Bertz CT molecular complexity index is 1700. The number of benzene rings is 2. The van der Waals surface area contributed by atoms with Gasteiger partial charge in [-0.3, -0.25) is 4.79 Å². The first-order valence-corrected chi connectivity index (χ1v) is 15.0. The van der Waals surface area contributed by atoms with Gasteiger partial charge >= 0.3 is 0 Å². The maximum absolute atomic E-state index is 13.5. The van der Waals surface area contributed by atoms with Gasteiger partial charge < -0.3 is 24.6 Å². The van der Waals surface area contributed by atoms with Crippen LogP contribution in [0.3, 0.4) is 0 Å². The van der Waals surface area contributed by atoms with Crippen molar-refractivity contribution in [3.8, 4) is 6.07 Å². The lowest BCUT2D eigenvalue weighted by atomic mass is 10.0. The highest BCUT2D eigenvalue weighted by Crippen LogP contribution is 2.40. The summed E-state index contributed by atoms with van der Waals surface area (Å²) in [6.07, 6.45) is 7.99. The van der Waals surface area contributed by atoms with E-state index in [1.165, 1.54) is 24.1 Å². The predicted octanol–water partition coefficient (Wildman–Crippen LogP) is 4.88. The fourth-order valence-corrected chi connectivity index (χ4v) is 6.29. The van der Waals surface area contributed by atoms with Crippen LogP contribution >= 0.6 is 0 Å². The normalized spacial score (nSPS) is 19.6. The zero-order chi connectivity index (χ0) is 28.6. The summed E-state index contributed by atoms with van der Waals surface area (Å²) in [6.45, 7) is 5.62. The number of piperidine rings is 1. The zero-order valence-electron chi connectivity index (χ0n) is 24.0. The number of aromatic nitrogens is 3.